The Bertz CT molecular complexity index is 1490. The first kappa shape index (κ1) is 30.0. The fourth-order valence-corrected chi connectivity index (χ4v) is 4.83. The summed E-state index contributed by atoms with van der Waals surface area (Å²) in [5.74, 6) is -2.45. The SMILES string of the molecule is CC1O[C@@H](OCC2O[C@@H](Oc3c(-c4ccccc4O)oc4cc(O)cc(O)c4c3=O)C(O)[C@H](O)[C@@H]2O)C(O)[C@H](O)[C@H]1O. The lowest BCUT2D eigenvalue weighted by atomic mass is 9.98. The van der Waals surface area contributed by atoms with Gasteiger partial charge in [0.15, 0.2) is 12.1 Å². The molecule has 2 aliphatic rings. The lowest BCUT2D eigenvalue weighted by molar-refractivity contribution is -0.318. The zero-order chi connectivity index (χ0) is 30.5. The van der Waals surface area contributed by atoms with Gasteiger partial charge < -0.3 is 69.3 Å². The lowest BCUT2D eigenvalue weighted by Crippen LogP contribution is -2.61. The molecule has 0 saturated carbocycles. The highest BCUT2D eigenvalue weighted by molar-refractivity contribution is 5.88. The largest absolute Gasteiger partial charge is 0.508 e. The minimum absolute atomic E-state index is 0.0431. The Morgan fingerprint density at radius 2 is 1.45 bits per heavy atom. The summed E-state index contributed by atoms with van der Waals surface area (Å²) in [5, 5.41) is 92.1. The number of aromatic hydroxyl groups is 3. The van der Waals surface area contributed by atoms with Crippen LogP contribution < -0.4 is 10.2 Å². The molecule has 5 rings (SSSR count). The van der Waals surface area contributed by atoms with Crippen LogP contribution in [0.1, 0.15) is 6.92 Å². The molecular formula is C27H30O15. The molecule has 0 bridgehead atoms. The number of ether oxygens (including phenoxy) is 4. The fraction of sp³-hybridized carbons (Fsp3) is 0.444. The first-order chi connectivity index (χ1) is 19.9. The predicted octanol–water partition coefficient (Wildman–Crippen LogP) is -1.39. The van der Waals surface area contributed by atoms with Crippen molar-refractivity contribution in [2.45, 2.75) is 68.3 Å². The summed E-state index contributed by atoms with van der Waals surface area (Å²) in [7, 11) is 0. The zero-order valence-corrected chi connectivity index (χ0v) is 21.9. The highest BCUT2D eigenvalue weighted by Gasteiger charge is 2.47. The topological polar surface area (TPSA) is 249 Å². The van der Waals surface area contributed by atoms with Crippen LogP contribution >= 0.6 is 0 Å². The highest BCUT2D eigenvalue weighted by Crippen LogP contribution is 2.40. The number of phenols is 3. The molecule has 1 aromatic heterocycles. The van der Waals surface area contributed by atoms with Crippen molar-refractivity contribution < 1.29 is 69.3 Å². The Balaban J connectivity index is 1.47. The van der Waals surface area contributed by atoms with Crippen LogP contribution in [0, 0.1) is 0 Å². The van der Waals surface area contributed by atoms with E-state index in [1.807, 2.05) is 0 Å². The van der Waals surface area contributed by atoms with E-state index in [0.29, 0.717) is 0 Å². The first-order valence-corrected chi connectivity index (χ1v) is 12.9. The van der Waals surface area contributed by atoms with Crippen molar-refractivity contribution in [3.05, 3.63) is 46.6 Å². The molecule has 0 aliphatic carbocycles. The number of hydrogen-bond acceptors (Lipinski definition) is 15. The summed E-state index contributed by atoms with van der Waals surface area (Å²) < 4.78 is 27.9. The van der Waals surface area contributed by atoms with E-state index in [9.17, 15) is 50.8 Å². The second-order valence-electron chi connectivity index (χ2n) is 10.1. The number of aliphatic hydroxyl groups is 6. The Kier molecular flexibility index (Phi) is 8.30. The molecule has 9 N–H and O–H groups in total. The standard InChI is InChI=1S/C27H30O15/c1-9-17(31)20(34)22(36)26(39-9)38-8-15-18(32)21(35)23(37)27(41-15)42-25-19(33)16-13(30)6-10(28)7-14(16)40-24(25)11-4-2-3-5-12(11)29/h2-7,9,15,17-18,20-23,26-32,34-37H,8H2,1H3/t9?,15?,17-,18+,20+,21+,22?,23?,26+,27-/m0/s1. The molecular weight excluding hydrogens is 564 g/mol. The molecule has 2 saturated heterocycles. The number of rotatable bonds is 6. The quantitative estimate of drug-likeness (QED) is 0.159. The van der Waals surface area contributed by atoms with Gasteiger partial charge in [0.1, 0.15) is 70.9 Å². The van der Waals surface area contributed by atoms with Crippen LogP contribution in [0.4, 0.5) is 0 Å². The van der Waals surface area contributed by atoms with Gasteiger partial charge in [-0.1, -0.05) is 12.1 Å². The summed E-state index contributed by atoms with van der Waals surface area (Å²) in [6, 6.07) is 7.63. The second-order valence-corrected chi connectivity index (χ2v) is 10.1. The van der Waals surface area contributed by atoms with Crippen LogP contribution in [0.5, 0.6) is 23.0 Å². The van der Waals surface area contributed by atoms with Crippen molar-refractivity contribution in [1.82, 2.24) is 0 Å². The van der Waals surface area contributed by atoms with Gasteiger partial charge in [-0.2, -0.15) is 0 Å². The van der Waals surface area contributed by atoms with Gasteiger partial charge in [0.25, 0.3) is 0 Å². The molecule has 2 aliphatic heterocycles. The van der Waals surface area contributed by atoms with Crippen LogP contribution in [0.2, 0.25) is 0 Å². The van der Waals surface area contributed by atoms with Crippen molar-refractivity contribution in [2.24, 2.45) is 0 Å². The number of phenolic OH excluding ortho intramolecular Hbond substituents is 3. The molecule has 228 valence electrons. The molecule has 2 fully saturated rings. The molecule has 42 heavy (non-hydrogen) atoms. The molecule has 0 spiro atoms. The van der Waals surface area contributed by atoms with Gasteiger partial charge in [0.05, 0.1) is 18.3 Å². The zero-order valence-electron chi connectivity index (χ0n) is 21.9. The van der Waals surface area contributed by atoms with Gasteiger partial charge in [0, 0.05) is 12.1 Å². The average Bonchev–Trinajstić information content (AvgIpc) is 2.95. The van der Waals surface area contributed by atoms with Crippen LogP contribution in [-0.4, -0.2) is 114 Å². The van der Waals surface area contributed by atoms with Gasteiger partial charge in [-0.25, -0.2) is 0 Å². The smallest absolute Gasteiger partial charge is 0.239 e. The normalized spacial score (nSPS) is 33.5. The predicted molar refractivity (Wildman–Crippen MR) is 139 cm³/mol. The monoisotopic (exact) mass is 594 g/mol. The Morgan fingerprint density at radius 3 is 2.17 bits per heavy atom. The van der Waals surface area contributed by atoms with Crippen molar-refractivity contribution in [3.8, 4) is 34.3 Å². The van der Waals surface area contributed by atoms with Crippen LogP contribution in [0.25, 0.3) is 22.3 Å². The van der Waals surface area contributed by atoms with E-state index in [1.54, 1.807) is 0 Å². The van der Waals surface area contributed by atoms with Crippen LogP contribution in [0.3, 0.4) is 0 Å². The molecule has 3 aromatic rings. The van der Waals surface area contributed by atoms with Gasteiger partial charge in [-0.05, 0) is 19.1 Å². The highest BCUT2D eigenvalue weighted by atomic mass is 16.7. The summed E-state index contributed by atoms with van der Waals surface area (Å²) in [6.45, 7) is 0.850. The van der Waals surface area contributed by atoms with E-state index >= 15 is 0 Å². The molecule has 4 unspecified atom stereocenters. The molecule has 15 heteroatoms. The Morgan fingerprint density at radius 1 is 0.786 bits per heavy atom. The minimum Gasteiger partial charge on any atom is -0.508 e. The number of benzene rings is 2. The maximum Gasteiger partial charge on any atom is 0.239 e. The first-order valence-electron chi connectivity index (χ1n) is 12.9. The van der Waals surface area contributed by atoms with E-state index in [-0.39, 0.29) is 22.7 Å². The Labute approximate surface area is 236 Å². The maximum absolute atomic E-state index is 13.6. The van der Waals surface area contributed by atoms with E-state index in [0.717, 1.165) is 12.1 Å². The Hall–Kier alpha value is -3.51. The van der Waals surface area contributed by atoms with Crippen molar-refractivity contribution in [3.63, 3.8) is 0 Å². The third-order valence-electron chi connectivity index (χ3n) is 7.20. The summed E-state index contributed by atoms with van der Waals surface area (Å²) in [4.78, 5) is 13.6. The molecule has 0 amide bonds. The molecule has 10 atom stereocenters. The van der Waals surface area contributed by atoms with E-state index in [1.165, 1.54) is 31.2 Å². The second kappa shape index (κ2) is 11.6. The molecule has 15 nitrogen and oxygen atoms in total. The average molecular weight is 595 g/mol. The van der Waals surface area contributed by atoms with Crippen molar-refractivity contribution >= 4 is 11.0 Å². The van der Waals surface area contributed by atoms with Gasteiger partial charge >= 0.3 is 0 Å². The van der Waals surface area contributed by atoms with Gasteiger partial charge in [0.2, 0.25) is 17.5 Å². The lowest BCUT2D eigenvalue weighted by Gasteiger charge is -2.42. The third-order valence-corrected chi connectivity index (χ3v) is 7.20. The number of hydrogen-bond donors (Lipinski definition) is 9. The number of aliphatic hydroxyl groups excluding tert-OH is 6. The van der Waals surface area contributed by atoms with Crippen LogP contribution in [0.15, 0.2) is 45.6 Å². The van der Waals surface area contributed by atoms with Gasteiger partial charge in [-0.15, -0.1) is 0 Å². The molecule has 2 aromatic carbocycles. The molecule has 3 heterocycles. The third kappa shape index (κ3) is 5.37. The van der Waals surface area contributed by atoms with Crippen molar-refractivity contribution in [2.75, 3.05) is 6.61 Å². The summed E-state index contributed by atoms with van der Waals surface area (Å²) in [6.07, 6.45) is -15.9. The fourth-order valence-electron chi connectivity index (χ4n) is 4.83. The van der Waals surface area contributed by atoms with E-state index in [2.05, 4.69) is 0 Å². The number of fused-ring (bicyclic) bond motifs is 1. The van der Waals surface area contributed by atoms with Crippen molar-refractivity contribution in [1.29, 1.82) is 0 Å². The minimum atomic E-state index is -1.94. The van der Waals surface area contributed by atoms with E-state index < -0.39 is 96.1 Å². The maximum atomic E-state index is 13.6. The van der Waals surface area contributed by atoms with Gasteiger partial charge in [-0.3, -0.25) is 4.79 Å². The summed E-state index contributed by atoms with van der Waals surface area (Å²) >= 11 is 0. The van der Waals surface area contributed by atoms with Crippen LogP contribution in [-0.2, 0) is 14.2 Å². The molecule has 0 radical (unpaired) electrons. The number of para-hydroxylation sites is 1. The summed E-state index contributed by atoms with van der Waals surface area (Å²) in [5.41, 5.74) is -1.29. The van der Waals surface area contributed by atoms with E-state index in [4.69, 9.17) is 23.4 Å².